The van der Waals surface area contributed by atoms with Gasteiger partial charge in [-0.2, -0.15) is 0 Å². The highest BCUT2D eigenvalue weighted by atomic mass is 16.5. The van der Waals surface area contributed by atoms with Gasteiger partial charge < -0.3 is 4.74 Å². The molecule has 0 aliphatic carbocycles. The largest absolute Gasteiger partial charge is 0.497 e. The summed E-state index contributed by atoms with van der Waals surface area (Å²) in [4.78, 5) is 11.6. The number of hydrogen-bond donors (Lipinski definition) is 0. The summed E-state index contributed by atoms with van der Waals surface area (Å²) < 4.78 is 5.17. The molecule has 0 fully saturated rings. The van der Waals surface area contributed by atoms with Crippen molar-refractivity contribution in [1.29, 1.82) is 0 Å². The first kappa shape index (κ1) is 14.5. The standard InChI is InChI=1S/C16H22O2/c1-3-4-5-10-15(17)11-6-8-14-9-7-12-16(13-14)18-2/h3,7,9,12-13H,1,4-6,8,10-11H2,2H3. The number of benzene rings is 1. The maximum Gasteiger partial charge on any atom is 0.132 e. The number of carbonyl (C=O) groups excluding carboxylic acids is 1. The smallest absolute Gasteiger partial charge is 0.132 e. The predicted molar refractivity (Wildman–Crippen MR) is 75.0 cm³/mol. The van der Waals surface area contributed by atoms with Crippen molar-refractivity contribution in [3.05, 3.63) is 42.5 Å². The molecule has 2 heteroatoms. The molecule has 1 aromatic carbocycles. The van der Waals surface area contributed by atoms with Gasteiger partial charge in [-0.3, -0.25) is 4.79 Å². The number of methoxy groups -OCH3 is 1. The second-order valence-corrected chi connectivity index (χ2v) is 4.42. The molecule has 18 heavy (non-hydrogen) atoms. The summed E-state index contributed by atoms with van der Waals surface area (Å²) in [5.74, 6) is 1.24. The van der Waals surface area contributed by atoms with Crippen molar-refractivity contribution in [3.63, 3.8) is 0 Å². The van der Waals surface area contributed by atoms with E-state index in [2.05, 4.69) is 12.6 Å². The molecule has 0 aliphatic heterocycles. The van der Waals surface area contributed by atoms with Crippen LogP contribution in [0.15, 0.2) is 36.9 Å². The molecular weight excluding hydrogens is 224 g/mol. The number of carbonyl (C=O) groups is 1. The van der Waals surface area contributed by atoms with Gasteiger partial charge in [-0.05, 0) is 43.4 Å². The number of ether oxygens (including phenoxy) is 1. The first-order valence-electron chi connectivity index (χ1n) is 6.52. The molecule has 0 unspecified atom stereocenters. The highest BCUT2D eigenvalue weighted by molar-refractivity contribution is 5.78. The highest BCUT2D eigenvalue weighted by Crippen LogP contribution is 2.15. The molecule has 1 rings (SSSR count). The number of unbranched alkanes of at least 4 members (excludes halogenated alkanes) is 1. The Morgan fingerprint density at radius 2 is 2.11 bits per heavy atom. The third-order valence-corrected chi connectivity index (χ3v) is 2.92. The van der Waals surface area contributed by atoms with Crippen molar-refractivity contribution >= 4 is 5.78 Å². The van der Waals surface area contributed by atoms with E-state index in [4.69, 9.17) is 4.74 Å². The zero-order valence-electron chi connectivity index (χ0n) is 11.2. The number of Topliss-reactive ketones (excluding diaryl/α,β-unsaturated/α-hetero) is 1. The minimum Gasteiger partial charge on any atom is -0.497 e. The lowest BCUT2D eigenvalue weighted by Gasteiger charge is -2.04. The minimum absolute atomic E-state index is 0.361. The van der Waals surface area contributed by atoms with E-state index in [0.29, 0.717) is 18.6 Å². The predicted octanol–water partition coefficient (Wildman–Crippen LogP) is 3.94. The molecule has 0 heterocycles. The average molecular weight is 246 g/mol. The molecular formula is C16H22O2. The van der Waals surface area contributed by atoms with Crippen LogP contribution in [-0.2, 0) is 11.2 Å². The Morgan fingerprint density at radius 1 is 1.33 bits per heavy atom. The Hall–Kier alpha value is -1.57. The summed E-state index contributed by atoms with van der Waals surface area (Å²) in [5.41, 5.74) is 1.23. The maximum absolute atomic E-state index is 11.6. The van der Waals surface area contributed by atoms with E-state index in [1.165, 1.54) is 5.56 Å². The fourth-order valence-corrected chi connectivity index (χ4v) is 1.89. The molecule has 0 saturated carbocycles. The van der Waals surface area contributed by atoms with Gasteiger partial charge in [-0.25, -0.2) is 0 Å². The van der Waals surface area contributed by atoms with Gasteiger partial charge in [0, 0.05) is 12.8 Å². The normalized spacial score (nSPS) is 10.1. The Balaban J connectivity index is 2.24. The number of allylic oxidation sites excluding steroid dienone is 1. The van der Waals surface area contributed by atoms with Gasteiger partial charge in [-0.1, -0.05) is 18.2 Å². The first-order chi connectivity index (χ1) is 8.76. The summed E-state index contributed by atoms with van der Waals surface area (Å²) in [6.45, 7) is 3.65. The van der Waals surface area contributed by atoms with Crippen LogP contribution in [0.25, 0.3) is 0 Å². The molecule has 0 N–H and O–H groups in total. The average Bonchev–Trinajstić information content (AvgIpc) is 2.39. The van der Waals surface area contributed by atoms with Crippen molar-refractivity contribution in [1.82, 2.24) is 0 Å². The summed E-state index contributed by atoms with van der Waals surface area (Å²) >= 11 is 0. The molecule has 0 spiro atoms. The molecule has 0 saturated heterocycles. The van der Waals surface area contributed by atoms with Crippen LogP contribution in [0, 0.1) is 0 Å². The van der Waals surface area contributed by atoms with E-state index in [1.807, 2.05) is 24.3 Å². The van der Waals surface area contributed by atoms with Crippen molar-refractivity contribution in [2.45, 2.75) is 38.5 Å². The Bertz CT molecular complexity index is 382. The van der Waals surface area contributed by atoms with E-state index in [0.717, 1.165) is 31.4 Å². The summed E-state index contributed by atoms with van der Waals surface area (Å²) in [5, 5.41) is 0. The third-order valence-electron chi connectivity index (χ3n) is 2.92. The van der Waals surface area contributed by atoms with Crippen molar-refractivity contribution < 1.29 is 9.53 Å². The number of hydrogen-bond acceptors (Lipinski definition) is 2. The lowest BCUT2D eigenvalue weighted by molar-refractivity contribution is -0.119. The van der Waals surface area contributed by atoms with Gasteiger partial charge in [-0.15, -0.1) is 6.58 Å². The van der Waals surface area contributed by atoms with Crippen LogP contribution in [0.4, 0.5) is 0 Å². The zero-order chi connectivity index (χ0) is 13.2. The highest BCUT2D eigenvalue weighted by Gasteiger charge is 2.02. The minimum atomic E-state index is 0.361. The molecule has 0 amide bonds. The number of rotatable bonds is 9. The third kappa shape index (κ3) is 5.67. The molecule has 2 nitrogen and oxygen atoms in total. The van der Waals surface area contributed by atoms with Crippen LogP contribution in [0.1, 0.15) is 37.7 Å². The maximum atomic E-state index is 11.6. The van der Waals surface area contributed by atoms with E-state index in [-0.39, 0.29) is 0 Å². The fourth-order valence-electron chi connectivity index (χ4n) is 1.89. The Morgan fingerprint density at radius 3 is 2.83 bits per heavy atom. The molecule has 0 atom stereocenters. The Labute approximate surface area is 110 Å². The summed E-state index contributed by atoms with van der Waals surface area (Å²) in [7, 11) is 1.67. The monoisotopic (exact) mass is 246 g/mol. The molecule has 0 bridgehead atoms. The SMILES string of the molecule is C=CCCCC(=O)CCCc1cccc(OC)c1. The summed E-state index contributed by atoms with van der Waals surface area (Å²) in [6, 6.07) is 8.02. The van der Waals surface area contributed by atoms with Gasteiger partial charge in [0.15, 0.2) is 0 Å². The lowest BCUT2D eigenvalue weighted by atomic mass is 10.0. The molecule has 98 valence electrons. The van der Waals surface area contributed by atoms with Gasteiger partial charge in [0.1, 0.15) is 11.5 Å². The van der Waals surface area contributed by atoms with Gasteiger partial charge in [0.25, 0.3) is 0 Å². The molecule has 0 radical (unpaired) electrons. The van der Waals surface area contributed by atoms with E-state index in [1.54, 1.807) is 7.11 Å². The van der Waals surface area contributed by atoms with Crippen molar-refractivity contribution in [3.8, 4) is 5.75 Å². The van der Waals surface area contributed by atoms with Gasteiger partial charge in [0.05, 0.1) is 7.11 Å². The molecule has 0 aromatic heterocycles. The van der Waals surface area contributed by atoms with Gasteiger partial charge >= 0.3 is 0 Å². The topological polar surface area (TPSA) is 26.3 Å². The van der Waals surface area contributed by atoms with Crippen LogP contribution in [0.2, 0.25) is 0 Å². The van der Waals surface area contributed by atoms with E-state index in [9.17, 15) is 4.79 Å². The van der Waals surface area contributed by atoms with Crippen molar-refractivity contribution in [2.24, 2.45) is 0 Å². The second-order valence-electron chi connectivity index (χ2n) is 4.42. The fraction of sp³-hybridized carbons (Fsp3) is 0.438. The van der Waals surface area contributed by atoms with Crippen LogP contribution in [0.5, 0.6) is 5.75 Å². The van der Waals surface area contributed by atoms with E-state index >= 15 is 0 Å². The van der Waals surface area contributed by atoms with Crippen LogP contribution < -0.4 is 4.74 Å². The van der Waals surface area contributed by atoms with Gasteiger partial charge in [0.2, 0.25) is 0 Å². The molecule has 0 aliphatic rings. The quantitative estimate of drug-likeness (QED) is 0.487. The van der Waals surface area contributed by atoms with Crippen LogP contribution >= 0.6 is 0 Å². The zero-order valence-corrected chi connectivity index (χ0v) is 11.2. The first-order valence-corrected chi connectivity index (χ1v) is 6.52. The van der Waals surface area contributed by atoms with E-state index < -0.39 is 0 Å². The number of aryl methyl sites for hydroxylation is 1. The van der Waals surface area contributed by atoms with Crippen LogP contribution in [0.3, 0.4) is 0 Å². The van der Waals surface area contributed by atoms with Crippen molar-refractivity contribution in [2.75, 3.05) is 7.11 Å². The second kappa shape index (κ2) is 8.51. The molecule has 1 aromatic rings. The lowest BCUT2D eigenvalue weighted by Crippen LogP contribution is -1.98. The Kier molecular flexibility index (Phi) is 6.85. The van der Waals surface area contributed by atoms with Crippen LogP contribution in [-0.4, -0.2) is 12.9 Å². The number of ketones is 1. The summed E-state index contributed by atoms with van der Waals surface area (Å²) in [6.07, 6.45) is 6.94.